The van der Waals surface area contributed by atoms with Gasteiger partial charge in [0, 0.05) is 6.61 Å². The molecule has 0 saturated heterocycles. The van der Waals surface area contributed by atoms with E-state index in [1.54, 1.807) is 0 Å². The summed E-state index contributed by atoms with van der Waals surface area (Å²) >= 11 is 5.79. The molecule has 0 bridgehead atoms. The zero-order valence-corrected chi connectivity index (χ0v) is 6.46. The summed E-state index contributed by atoms with van der Waals surface area (Å²) in [5.41, 5.74) is 0. The topological polar surface area (TPSA) is 9.23 Å². The minimum absolute atomic E-state index is 0.198. The minimum Gasteiger partial charge on any atom is -0.380 e. The lowest BCUT2D eigenvalue weighted by Crippen LogP contribution is -2.18. The molecule has 0 aliphatic rings. The van der Waals surface area contributed by atoms with Crippen molar-refractivity contribution in [3.8, 4) is 0 Å². The first-order valence-electron chi connectivity index (χ1n) is 2.83. The average Bonchev–Trinajstić information content (AvgIpc) is 1.59. The van der Waals surface area contributed by atoms with E-state index in [1.807, 2.05) is 20.8 Å². The van der Waals surface area contributed by atoms with Crippen molar-refractivity contribution in [3.05, 3.63) is 0 Å². The van der Waals surface area contributed by atoms with Crippen molar-refractivity contribution in [3.63, 3.8) is 0 Å². The maximum Gasteiger partial charge on any atom is 0.0652 e. The fraction of sp³-hybridized carbons (Fsp3) is 1.00. The second-order valence-electron chi connectivity index (χ2n) is 2.36. The van der Waals surface area contributed by atoms with E-state index in [0.29, 0.717) is 6.61 Å². The number of alkyl halides is 1. The van der Waals surface area contributed by atoms with Crippen molar-refractivity contribution in [2.75, 3.05) is 13.2 Å². The van der Waals surface area contributed by atoms with Gasteiger partial charge in [-0.3, -0.25) is 0 Å². The van der Waals surface area contributed by atoms with E-state index < -0.39 is 0 Å². The van der Waals surface area contributed by atoms with E-state index in [-0.39, 0.29) is 4.87 Å². The van der Waals surface area contributed by atoms with Gasteiger partial charge in [-0.1, -0.05) is 0 Å². The molecule has 0 spiro atoms. The Morgan fingerprint density at radius 1 is 1.50 bits per heavy atom. The third-order valence-electron chi connectivity index (χ3n) is 0.649. The highest BCUT2D eigenvalue weighted by Crippen LogP contribution is 2.11. The first-order valence-corrected chi connectivity index (χ1v) is 3.20. The summed E-state index contributed by atoms with van der Waals surface area (Å²) in [6.07, 6.45) is 0. The van der Waals surface area contributed by atoms with Crippen molar-refractivity contribution in [1.29, 1.82) is 0 Å². The first kappa shape index (κ1) is 8.25. The molecule has 2 heteroatoms. The van der Waals surface area contributed by atoms with Gasteiger partial charge in [0.25, 0.3) is 0 Å². The Hall–Kier alpha value is 0.250. The van der Waals surface area contributed by atoms with Gasteiger partial charge in [0.2, 0.25) is 0 Å². The SMILES string of the molecule is CCOCC(C)(C)Cl. The highest BCUT2D eigenvalue weighted by atomic mass is 35.5. The Kier molecular flexibility index (Phi) is 3.41. The Labute approximate surface area is 56.0 Å². The fourth-order valence-corrected chi connectivity index (χ4v) is 0.422. The quantitative estimate of drug-likeness (QED) is 0.540. The summed E-state index contributed by atoms with van der Waals surface area (Å²) in [6.45, 7) is 7.21. The van der Waals surface area contributed by atoms with Gasteiger partial charge in [-0.2, -0.15) is 0 Å². The van der Waals surface area contributed by atoms with Gasteiger partial charge in [0.05, 0.1) is 11.5 Å². The van der Waals surface area contributed by atoms with Crippen molar-refractivity contribution < 1.29 is 4.74 Å². The highest BCUT2D eigenvalue weighted by Gasteiger charge is 2.11. The third-order valence-corrected chi connectivity index (χ3v) is 0.759. The second kappa shape index (κ2) is 3.31. The Morgan fingerprint density at radius 2 is 2.00 bits per heavy atom. The van der Waals surface area contributed by atoms with Crippen molar-refractivity contribution >= 4 is 11.6 Å². The molecule has 0 radical (unpaired) electrons. The van der Waals surface area contributed by atoms with Crippen LogP contribution in [0, 0.1) is 0 Å². The molecule has 0 atom stereocenters. The molecular weight excluding hydrogens is 124 g/mol. The highest BCUT2D eigenvalue weighted by molar-refractivity contribution is 6.23. The van der Waals surface area contributed by atoms with Gasteiger partial charge in [0.15, 0.2) is 0 Å². The molecule has 0 fully saturated rings. The summed E-state index contributed by atoms with van der Waals surface area (Å²) < 4.78 is 5.07. The predicted molar refractivity (Wildman–Crippen MR) is 36.4 cm³/mol. The van der Waals surface area contributed by atoms with Gasteiger partial charge in [-0.05, 0) is 20.8 Å². The fourth-order valence-electron chi connectivity index (χ4n) is 0.345. The van der Waals surface area contributed by atoms with Crippen molar-refractivity contribution in [1.82, 2.24) is 0 Å². The largest absolute Gasteiger partial charge is 0.380 e. The summed E-state index contributed by atoms with van der Waals surface area (Å²) in [6, 6.07) is 0. The van der Waals surface area contributed by atoms with Crippen molar-refractivity contribution in [2.45, 2.75) is 25.6 Å². The summed E-state index contributed by atoms with van der Waals surface area (Å²) in [4.78, 5) is -0.198. The van der Waals surface area contributed by atoms with Gasteiger partial charge in [-0.25, -0.2) is 0 Å². The lowest BCUT2D eigenvalue weighted by Gasteiger charge is -2.13. The average molecular weight is 137 g/mol. The molecule has 0 N–H and O–H groups in total. The third kappa shape index (κ3) is 6.25. The molecule has 0 rings (SSSR count). The van der Waals surface area contributed by atoms with Crippen LogP contribution in [0.2, 0.25) is 0 Å². The van der Waals surface area contributed by atoms with E-state index in [0.717, 1.165) is 6.61 Å². The van der Waals surface area contributed by atoms with E-state index in [2.05, 4.69) is 0 Å². The van der Waals surface area contributed by atoms with Gasteiger partial charge >= 0.3 is 0 Å². The molecule has 0 unspecified atom stereocenters. The van der Waals surface area contributed by atoms with Crippen LogP contribution in [0.15, 0.2) is 0 Å². The smallest absolute Gasteiger partial charge is 0.0652 e. The van der Waals surface area contributed by atoms with Gasteiger partial charge in [-0.15, -0.1) is 11.6 Å². The van der Waals surface area contributed by atoms with E-state index in [1.165, 1.54) is 0 Å². The van der Waals surface area contributed by atoms with Crippen LogP contribution in [0.3, 0.4) is 0 Å². The zero-order valence-electron chi connectivity index (χ0n) is 5.70. The molecule has 8 heavy (non-hydrogen) atoms. The first-order chi connectivity index (χ1) is 3.56. The normalized spacial score (nSPS) is 12.0. The monoisotopic (exact) mass is 136 g/mol. The Bertz CT molecular complexity index is 56.0. The second-order valence-corrected chi connectivity index (χ2v) is 3.38. The molecule has 0 heterocycles. The molecule has 1 nitrogen and oxygen atoms in total. The van der Waals surface area contributed by atoms with Crippen molar-refractivity contribution in [2.24, 2.45) is 0 Å². The van der Waals surface area contributed by atoms with Crippen LogP contribution in [0.5, 0.6) is 0 Å². The molecule has 0 aromatic heterocycles. The summed E-state index contributed by atoms with van der Waals surface area (Å²) in [5.74, 6) is 0. The van der Waals surface area contributed by atoms with Crippen LogP contribution in [0.1, 0.15) is 20.8 Å². The van der Waals surface area contributed by atoms with E-state index in [9.17, 15) is 0 Å². The van der Waals surface area contributed by atoms with Gasteiger partial charge < -0.3 is 4.74 Å². The molecule has 0 amide bonds. The standard InChI is InChI=1S/C6H13ClO/c1-4-8-5-6(2,3)7/h4-5H2,1-3H3. The Morgan fingerprint density at radius 3 is 2.12 bits per heavy atom. The molecule has 50 valence electrons. The number of hydrogen-bond donors (Lipinski definition) is 0. The van der Waals surface area contributed by atoms with Crippen LogP contribution < -0.4 is 0 Å². The number of halogens is 1. The van der Waals surface area contributed by atoms with Crippen LogP contribution in [-0.4, -0.2) is 18.1 Å². The number of hydrogen-bond acceptors (Lipinski definition) is 1. The number of ether oxygens (including phenoxy) is 1. The van der Waals surface area contributed by atoms with Crippen LogP contribution in [0.4, 0.5) is 0 Å². The molecule has 0 aromatic carbocycles. The van der Waals surface area contributed by atoms with E-state index in [4.69, 9.17) is 16.3 Å². The molecular formula is C6H13ClO. The number of rotatable bonds is 3. The zero-order chi connectivity index (χ0) is 6.62. The van der Waals surface area contributed by atoms with Crippen LogP contribution in [0.25, 0.3) is 0 Å². The maximum atomic E-state index is 5.79. The molecule has 0 aliphatic carbocycles. The maximum absolute atomic E-state index is 5.79. The van der Waals surface area contributed by atoms with Crippen LogP contribution >= 0.6 is 11.6 Å². The summed E-state index contributed by atoms with van der Waals surface area (Å²) in [5, 5.41) is 0. The molecule has 0 saturated carbocycles. The summed E-state index contributed by atoms with van der Waals surface area (Å²) in [7, 11) is 0. The minimum atomic E-state index is -0.198. The van der Waals surface area contributed by atoms with Crippen LogP contribution in [-0.2, 0) is 4.74 Å². The Balaban J connectivity index is 3.11. The lowest BCUT2D eigenvalue weighted by molar-refractivity contribution is 0.130. The van der Waals surface area contributed by atoms with E-state index >= 15 is 0 Å². The lowest BCUT2D eigenvalue weighted by atomic mass is 10.2. The predicted octanol–water partition coefficient (Wildman–Crippen LogP) is 2.04. The molecule has 0 aliphatic heterocycles. The van der Waals surface area contributed by atoms with Gasteiger partial charge in [0.1, 0.15) is 0 Å². The molecule has 0 aromatic rings.